The van der Waals surface area contributed by atoms with Crippen molar-refractivity contribution in [3.8, 4) is 22.8 Å². The number of nitrogens with zero attached hydrogens (tertiary/aromatic N) is 1. The lowest BCUT2D eigenvalue weighted by Crippen LogP contribution is -2.21. The van der Waals surface area contributed by atoms with E-state index in [9.17, 15) is 4.79 Å². The Labute approximate surface area is 203 Å². The van der Waals surface area contributed by atoms with E-state index in [4.69, 9.17) is 14.5 Å². The molecule has 3 aromatic carbocycles. The third-order valence-corrected chi connectivity index (χ3v) is 5.89. The van der Waals surface area contributed by atoms with E-state index in [0.29, 0.717) is 18.0 Å². The second-order valence-electron chi connectivity index (χ2n) is 8.08. The quantitative estimate of drug-likeness (QED) is 0.302. The molecule has 0 atom stereocenters. The highest BCUT2D eigenvalue weighted by Gasteiger charge is 2.13. The highest BCUT2D eigenvalue weighted by atomic mass is 16.5. The number of aromatic nitrogens is 2. The number of carbonyl (C=O) groups excluding carboxylic acids is 1. The number of rotatable bonds is 7. The molecule has 0 aliphatic rings. The van der Waals surface area contributed by atoms with Crippen LogP contribution in [0.25, 0.3) is 39.1 Å². The van der Waals surface area contributed by atoms with Gasteiger partial charge in [0.2, 0.25) is 5.91 Å². The number of carbonyl (C=O) groups is 1. The molecule has 2 N–H and O–H groups in total. The van der Waals surface area contributed by atoms with Gasteiger partial charge < -0.3 is 19.8 Å². The summed E-state index contributed by atoms with van der Waals surface area (Å²) < 4.78 is 10.7. The zero-order valence-corrected chi connectivity index (χ0v) is 19.5. The Morgan fingerprint density at radius 1 is 0.943 bits per heavy atom. The third kappa shape index (κ3) is 4.59. The van der Waals surface area contributed by atoms with E-state index in [0.717, 1.165) is 44.3 Å². The molecule has 35 heavy (non-hydrogen) atoms. The third-order valence-electron chi connectivity index (χ3n) is 5.89. The maximum atomic E-state index is 12.6. The molecule has 0 aliphatic heterocycles. The number of H-pyrrole nitrogens is 1. The molecule has 0 saturated carbocycles. The lowest BCUT2D eigenvalue weighted by Gasteiger charge is -2.09. The number of methoxy groups -OCH3 is 2. The van der Waals surface area contributed by atoms with Gasteiger partial charge in [0.25, 0.3) is 0 Å². The van der Waals surface area contributed by atoms with Crippen molar-refractivity contribution in [1.29, 1.82) is 0 Å². The molecule has 0 fully saturated rings. The number of para-hydroxylation sites is 1. The number of fused-ring (bicyclic) bond motifs is 3. The van der Waals surface area contributed by atoms with Gasteiger partial charge in [-0.25, -0.2) is 4.98 Å². The average Bonchev–Trinajstić information content (AvgIpc) is 3.29. The van der Waals surface area contributed by atoms with Crippen molar-refractivity contribution in [2.75, 3.05) is 14.2 Å². The smallest absolute Gasteiger partial charge is 0.244 e. The number of nitrogens with one attached hydrogen (secondary N) is 2. The first-order valence-electron chi connectivity index (χ1n) is 11.3. The minimum absolute atomic E-state index is 0.225. The molecule has 5 aromatic rings. The lowest BCUT2D eigenvalue weighted by atomic mass is 10.1. The van der Waals surface area contributed by atoms with Gasteiger partial charge in [-0.3, -0.25) is 4.79 Å². The van der Waals surface area contributed by atoms with Crippen LogP contribution in [0.1, 0.15) is 11.3 Å². The Hall–Kier alpha value is -4.58. The van der Waals surface area contributed by atoms with Gasteiger partial charge in [-0.2, -0.15) is 0 Å². The Morgan fingerprint density at radius 3 is 2.54 bits per heavy atom. The van der Waals surface area contributed by atoms with E-state index in [2.05, 4.69) is 22.4 Å². The fraction of sp³-hybridized carbons (Fsp3) is 0.103. The zero-order valence-electron chi connectivity index (χ0n) is 19.5. The van der Waals surface area contributed by atoms with E-state index < -0.39 is 0 Å². The van der Waals surface area contributed by atoms with Gasteiger partial charge in [0.15, 0.2) is 0 Å². The first kappa shape index (κ1) is 22.2. The average molecular weight is 464 g/mol. The summed E-state index contributed by atoms with van der Waals surface area (Å²) in [5.41, 5.74) is 5.45. The molecule has 0 spiro atoms. The van der Waals surface area contributed by atoms with E-state index in [1.165, 1.54) is 6.08 Å². The molecule has 0 aliphatic carbocycles. The zero-order chi connectivity index (χ0) is 24.2. The molecular weight excluding hydrogens is 438 g/mol. The monoisotopic (exact) mass is 463 g/mol. The van der Waals surface area contributed by atoms with Gasteiger partial charge in [-0.15, -0.1) is 0 Å². The van der Waals surface area contributed by atoms with Crippen LogP contribution < -0.4 is 14.8 Å². The van der Waals surface area contributed by atoms with Crippen LogP contribution in [-0.2, 0) is 11.3 Å². The van der Waals surface area contributed by atoms with Crippen LogP contribution in [0.5, 0.6) is 11.5 Å². The molecule has 174 valence electrons. The predicted molar refractivity (Wildman–Crippen MR) is 139 cm³/mol. The second kappa shape index (κ2) is 9.73. The number of ether oxygens (including phenoxy) is 2. The highest BCUT2D eigenvalue weighted by molar-refractivity contribution is 6.11. The Balaban J connectivity index is 1.43. The maximum Gasteiger partial charge on any atom is 0.244 e. The van der Waals surface area contributed by atoms with Crippen molar-refractivity contribution in [3.63, 3.8) is 0 Å². The molecule has 0 unspecified atom stereocenters. The fourth-order valence-electron chi connectivity index (χ4n) is 4.17. The minimum Gasteiger partial charge on any atom is -0.497 e. The number of pyridine rings is 1. The van der Waals surface area contributed by atoms with Crippen LogP contribution in [0.3, 0.4) is 0 Å². The van der Waals surface area contributed by atoms with Crippen molar-refractivity contribution in [2.24, 2.45) is 0 Å². The number of amides is 1. The number of aromatic amines is 1. The van der Waals surface area contributed by atoms with Crippen LogP contribution in [0.2, 0.25) is 0 Å². The largest absolute Gasteiger partial charge is 0.497 e. The second-order valence-corrected chi connectivity index (χ2v) is 8.08. The summed E-state index contributed by atoms with van der Waals surface area (Å²) in [6.45, 7) is 0.299. The predicted octanol–water partition coefficient (Wildman–Crippen LogP) is 5.73. The van der Waals surface area contributed by atoms with Gasteiger partial charge in [0.1, 0.15) is 11.5 Å². The summed E-state index contributed by atoms with van der Waals surface area (Å²) in [6, 6.07) is 25.7. The summed E-state index contributed by atoms with van der Waals surface area (Å²) in [5, 5.41) is 5.15. The standard InChI is InChI=1S/C29H25N3O3/c1-34-22-13-14-26(35-2)20(16-22)12-15-27(33)30-18-21-17-24-23-10-6-7-11-25(23)32-29(24)28(31-21)19-8-4-3-5-9-19/h3-17,32H,18H2,1-2H3,(H,30,33)/b15-12+. The molecule has 0 bridgehead atoms. The summed E-state index contributed by atoms with van der Waals surface area (Å²) in [7, 11) is 3.19. The minimum atomic E-state index is -0.225. The van der Waals surface area contributed by atoms with Crippen LogP contribution in [0, 0.1) is 0 Å². The lowest BCUT2D eigenvalue weighted by molar-refractivity contribution is -0.116. The molecule has 2 heterocycles. The van der Waals surface area contributed by atoms with Crippen molar-refractivity contribution in [3.05, 3.63) is 96.2 Å². The SMILES string of the molecule is COc1ccc(OC)c(/C=C/C(=O)NCc2cc3c([nH]c4ccccc43)c(-c3ccccc3)n2)c1. The normalized spacial score (nSPS) is 11.3. The molecule has 2 aromatic heterocycles. The first-order valence-corrected chi connectivity index (χ1v) is 11.3. The number of hydrogen-bond donors (Lipinski definition) is 2. The molecule has 6 nitrogen and oxygen atoms in total. The van der Waals surface area contributed by atoms with Crippen molar-refractivity contribution >= 4 is 33.8 Å². The number of hydrogen-bond acceptors (Lipinski definition) is 4. The Bertz CT molecular complexity index is 1540. The maximum absolute atomic E-state index is 12.6. The van der Waals surface area contributed by atoms with E-state index >= 15 is 0 Å². The molecule has 0 saturated heterocycles. The summed E-state index contributed by atoms with van der Waals surface area (Å²) in [5.74, 6) is 1.13. The van der Waals surface area contributed by atoms with E-state index in [-0.39, 0.29) is 5.91 Å². The Morgan fingerprint density at radius 2 is 1.74 bits per heavy atom. The molecule has 6 heteroatoms. The van der Waals surface area contributed by atoms with Crippen LogP contribution >= 0.6 is 0 Å². The summed E-state index contributed by atoms with van der Waals surface area (Å²) in [4.78, 5) is 21.0. The van der Waals surface area contributed by atoms with Crippen LogP contribution in [0.15, 0.2) is 84.9 Å². The molecule has 0 radical (unpaired) electrons. The van der Waals surface area contributed by atoms with Gasteiger partial charge in [-0.1, -0.05) is 48.5 Å². The van der Waals surface area contributed by atoms with Crippen molar-refractivity contribution < 1.29 is 14.3 Å². The summed E-state index contributed by atoms with van der Waals surface area (Å²) in [6.07, 6.45) is 3.20. The van der Waals surface area contributed by atoms with Crippen molar-refractivity contribution in [1.82, 2.24) is 15.3 Å². The molecule has 5 rings (SSSR count). The van der Waals surface area contributed by atoms with Crippen LogP contribution in [0.4, 0.5) is 0 Å². The van der Waals surface area contributed by atoms with Crippen molar-refractivity contribution in [2.45, 2.75) is 6.54 Å². The molecular formula is C29H25N3O3. The number of benzene rings is 3. The Kier molecular flexibility index (Phi) is 6.18. The highest BCUT2D eigenvalue weighted by Crippen LogP contribution is 2.32. The van der Waals surface area contributed by atoms with Gasteiger partial charge >= 0.3 is 0 Å². The summed E-state index contributed by atoms with van der Waals surface area (Å²) >= 11 is 0. The van der Waals surface area contributed by atoms with Gasteiger partial charge in [0, 0.05) is 33.5 Å². The molecule has 1 amide bonds. The van der Waals surface area contributed by atoms with Gasteiger partial charge in [-0.05, 0) is 36.4 Å². The van der Waals surface area contributed by atoms with Crippen LogP contribution in [-0.4, -0.2) is 30.1 Å². The fourth-order valence-corrected chi connectivity index (χ4v) is 4.17. The van der Waals surface area contributed by atoms with E-state index in [1.54, 1.807) is 20.3 Å². The first-order chi connectivity index (χ1) is 17.2. The van der Waals surface area contributed by atoms with E-state index in [1.807, 2.05) is 66.7 Å². The topological polar surface area (TPSA) is 76.2 Å². The van der Waals surface area contributed by atoms with Gasteiger partial charge in [0.05, 0.1) is 37.7 Å².